The molecule has 0 spiro atoms. The average Bonchev–Trinajstić information content (AvgIpc) is 2.41. The molecule has 0 aliphatic carbocycles. The van der Waals surface area contributed by atoms with E-state index in [1.807, 2.05) is 0 Å². The van der Waals surface area contributed by atoms with E-state index in [0.29, 0.717) is 0 Å². The van der Waals surface area contributed by atoms with Crippen LogP contribution in [0.2, 0.25) is 0 Å². The Labute approximate surface area is 83.5 Å². The van der Waals surface area contributed by atoms with Gasteiger partial charge in [-0.05, 0) is 0 Å². The van der Waals surface area contributed by atoms with E-state index in [0.717, 1.165) is 0 Å². The van der Waals surface area contributed by atoms with E-state index in [-0.39, 0.29) is 17.9 Å². The summed E-state index contributed by atoms with van der Waals surface area (Å²) in [6.45, 7) is 0. The first-order chi connectivity index (χ1) is 6.82. The number of imide groups is 1. The molecule has 1 rings (SSSR count). The van der Waals surface area contributed by atoms with Gasteiger partial charge in [-0.15, -0.1) is 5.06 Å². The minimum atomic E-state index is -5.13. The summed E-state index contributed by atoms with van der Waals surface area (Å²) in [5.74, 6) is -1.70. The van der Waals surface area contributed by atoms with Gasteiger partial charge in [-0.3, -0.25) is 9.59 Å². The first-order valence-corrected chi connectivity index (χ1v) is 4.59. The summed E-state index contributed by atoms with van der Waals surface area (Å²) >= 11 is -3.73. The van der Waals surface area contributed by atoms with Crippen LogP contribution in [0.4, 0.5) is 13.2 Å². The molecule has 86 valence electrons. The van der Waals surface area contributed by atoms with Crippen LogP contribution in [0.25, 0.3) is 0 Å². The van der Waals surface area contributed by atoms with Crippen LogP contribution in [0.3, 0.4) is 0 Å². The molecule has 1 unspecified atom stereocenters. The quantitative estimate of drug-likeness (QED) is 0.404. The number of alkyl halides is 3. The van der Waals surface area contributed by atoms with Gasteiger partial charge in [-0.2, -0.15) is 13.2 Å². The van der Waals surface area contributed by atoms with Crippen molar-refractivity contribution in [3.8, 4) is 0 Å². The highest BCUT2D eigenvalue weighted by Gasteiger charge is 2.41. The predicted octanol–water partition coefficient (Wildman–Crippen LogP) is 0.182. The van der Waals surface area contributed by atoms with Gasteiger partial charge in [0.15, 0.2) is 0 Å². The van der Waals surface area contributed by atoms with Gasteiger partial charge in [0.1, 0.15) is 0 Å². The van der Waals surface area contributed by atoms with E-state index in [9.17, 15) is 27.0 Å². The fourth-order valence-electron chi connectivity index (χ4n) is 0.736. The van der Waals surface area contributed by atoms with Crippen molar-refractivity contribution >= 4 is 22.9 Å². The SMILES string of the molecule is O=C1CCC(=O)N1OOS(=O)C(F)(F)F. The maximum Gasteiger partial charge on any atom is 0.499 e. The molecule has 6 nitrogen and oxygen atoms in total. The Hall–Kier alpha value is -1.00. The molecule has 1 aliphatic heterocycles. The summed E-state index contributed by atoms with van der Waals surface area (Å²) in [7, 11) is 0. The number of hydrogen-bond acceptors (Lipinski definition) is 5. The number of hydrogen-bond donors (Lipinski definition) is 0. The van der Waals surface area contributed by atoms with Crippen LogP contribution in [0.1, 0.15) is 12.8 Å². The Bertz CT molecular complexity index is 300. The van der Waals surface area contributed by atoms with Crippen LogP contribution < -0.4 is 0 Å². The number of nitrogens with zero attached hydrogens (tertiary/aromatic N) is 1. The molecule has 0 N–H and O–H groups in total. The molecule has 15 heavy (non-hydrogen) atoms. The van der Waals surface area contributed by atoms with Crippen molar-refractivity contribution in [2.45, 2.75) is 18.3 Å². The van der Waals surface area contributed by atoms with E-state index in [2.05, 4.69) is 9.32 Å². The zero-order chi connectivity index (χ0) is 11.6. The molecular weight excluding hydrogens is 243 g/mol. The van der Waals surface area contributed by atoms with Crippen LogP contribution in [0.15, 0.2) is 0 Å². The molecule has 0 saturated carbocycles. The third-order valence-electron chi connectivity index (χ3n) is 1.36. The molecule has 10 heteroatoms. The molecule has 1 saturated heterocycles. The van der Waals surface area contributed by atoms with Crippen LogP contribution in [-0.4, -0.2) is 26.6 Å². The average molecular weight is 247 g/mol. The van der Waals surface area contributed by atoms with Crippen molar-refractivity contribution in [3.05, 3.63) is 0 Å². The molecule has 0 aromatic rings. The highest BCUT2D eigenvalue weighted by atomic mass is 32.2. The van der Waals surface area contributed by atoms with E-state index in [4.69, 9.17) is 0 Å². The summed E-state index contributed by atoms with van der Waals surface area (Å²) in [5.41, 5.74) is -5.13. The zero-order valence-corrected chi connectivity index (χ0v) is 7.76. The second-order valence-corrected chi connectivity index (χ2v) is 3.47. The van der Waals surface area contributed by atoms with Gasteiger partial charge in [0.2, 0.25) is 0 Å². The van der Waals surface area contributed by atoms with Crippen LogP contribution in [0, 0.1) is 0 Å². The standard InChI is InChI=1S/C5H4F3NO5S/c6-5(7,8)15(12)14-13-9-3(10)1-2-4(9)11/h1-2H2. The monoisotopic (exact) mass is 247 g/mol. The molecule has 1 heterocycles. The minimum Gasteiger partial charge on any atom is -0.272 e. The number of amides is 2. The molecule has 0 aromatic carbocycles. The summed E-state index contributed by atoms with van der Waals surface area (Å²) in [5, 5.41) is 0.00361. The number of carbonyl (C=O) groups is 2. The van der Waals surface area contributed by atoms with E-state index in [1.54, 1.807) is 0 Å². The van der Waals surface area contributed by atoms with Gasteiger partial charge in [0.25, 0.3) is 22.9 Å². The van der Waals surface area contributed by atoms with Crippen molar-refractivity contribution in [3.63, 3.8) is 0 Å². The first kappa shape index (κ1) is 12.1. The fourth-order valence-corrected chi connectivity index (χ4v) is 0.929. The topological polar surface area (TPSA) is 72.9 Å². The van der Waals surface area contributed by atoms with Crippen molar-refractivity contribution in [2.75, 3.05) is 0 Å². The van der Waals surface area contributed by atoms with Crippen molar-refractivity contribution in [1.29, 1.82) is 0 Å². The lowest BCUT2D eigenvalue weighted by Crippen LogP contribution is -2.31. The van der Waals surface area contributed by atoms with Crippen LogP contribution >= 0.6 is 0 Å². The lowest BCUT2D eigenvalue weighted by Gasteiger charge is -2.10. The van der Waals surface area contributed by atoms with Gasteiger partial charge in [0.05, 0.1) is 0 Å². The second kappa shape index (κ2) is 4.24. The van der Waals surface area contributed by atoms with Gasteiger partial charge in [0, 0.05) is 12.8 Å². The van der Waals surface area contributed by atoms with E-state index >= 15 is 0 Å². The van der Waals surface area contributed by atoms with Crippen molar-refractivity contribution in [2.24, 2.45) is 0 Å². The summed E-state index contributed by atoms with van der Waals surface area (Å²) in [4.78, 5) is 25.3. The molecule has 1 atom stereocenters. The summed E-state index contributed by atoms with van der Waals surface area (Å²) in [6.07, 6.45) is -0.359. The van der Waals surface area contributed by atoms with E-state index < -0.39 is 28.4 Å². The van der Waals surface area contributed by atoms with Gasteiger partial charge < -0.3 is 0 Å². The van der Waals surface area contributed by atoms with Crippen molar-refractivity contribution < 1.29 is 36.3 Å². The first-order valence-electron chi connectivity index (χ1n) is 3.52. The number of rotatable bonds is 3. The lowest BCUT2D eigenvalue weighted by molar-refractivity contribution is -0.331. The van der Waals surface area contributed by atoms with Gasteiger partial charge >= 0.3 is 5.51 Å². The van der Waals surface area contributed by atoms with Gasteiger partial charge in [-0.25, -0.2) is 4.21 Å². The Morgan fingerprint density at radius 3 is 2.07 bits per heavy atom. The molecule has 2 amide bonds. The molecular formula is C5H4F3NO5S. The molecule has 0 aromatic heterocycles. The van der Waals surface area contributed by atoms with Gasteiger partial charge in [-0.1, -0.05) is 9.32 Å². The fraction of sp³-hybridized carbons (Fsp3) is 0.600. The Morgan fingerprint density at radius 1 is 1.20 bits per heavy atom. The summed E-state index contributed by atoms with van der Waals surface area (Å²) < 4.78 is 48.5. The molecule has 1 fully saturated rings. The molecule has 0 radical (unpaired) electrons. The molecule has 0 bridgehead atoms. The van der Waals surface area contributed by atoms with Crippen LogP contribution in [0.5, 0.6) is 0 Å². The van der Waals surface area contributed by atoms with Crippen molar-refractivity contribution in [1.82, 2.24) is 5.06 Å². The Morgan fingerprint density at radius 2 is 1.67 bits per heavy atom. The number of halogens is 3. The number of hydroxylamine groups is 2. The highest BCUT2D eigenvalue weighted by Crippen LogP contribution is 2.22. The summed E-state index contributed by atoms with van der Waals surface area (Å²) in [6, 6.07) is 0. The minimum absolute atomic E-state index is 0.00361. The van der Waals surface area contributed by atoms with E-state index in [1.165, 1.54) is 0 Å². The highest BCUT2D eigenvalue weighted by molar-refractivity contribution is 7.81. The maximum atomic E-state index is 11.6. The van der Waals surface area contributed by atoms with Crippen LogP contribution in [-0.2, 0) is 30.0 Å². The number of carbonyl (C=O) groups excluding carboxylic acids is 2. The smallest absolute Gasteiger partial charge is 0.272 e. The Balaban J connectivity index is 2.47. The largest absolute Gasteiger partial charge is 0.499 e. The second-order valence-electron chi connectivity index (χ2n) is 2.40. The maximum absolute atomic E-state index is 11.6. The molecule has 1 aliphatic rings. The Kier molecular flexibility index (Phi) is 3.42. The third-order valence-corrected chi connectivity index (χ3v) is 1.92. The lowest BCUT2D eigenvalue weighted by atomic mass is 10.4. The third kappa shape index (κ3) is 2.97. The normalized spacial score (nSPS) is 19.8. The predicted molar refractivity (Wildman–Crippen MR) is 37.5 cm³/mol. The zero-order valence-electron chi connectivity index (χ0n) is 6.94.